The first kappa shape index (κ1) is 13.5. The smallest absolute Gasteiger partial charge is 0.403 e. The van der Waals surface area contributed by atoms with Crippen LogP contribution in [-0.2, 0) is 9.47 Å². The second kappa shape index (κ2) is 7.84. The maximum atomic E-state index is 10.1. The molecule has 0 atom stereocenters. The van der Waals surface area contributed by atoms with Crippen LogP contribution >= 0.6 is 23.2 Å². The molecule has 7 heteroatoms. The molecule has 0 rings (SSSR count). The summed E-state index contributed by atoms with van der Waals surface area (Å²) in [5.41, 5.74) is -1.83. The van der Waals surface area contributed by atoms with Gasteiger partial charge >= 0.3 is 10.9 Å². The van der Waals surface area contributed by atoms with Crippen LogP contribution in [0.2, 0.25) is 0 Å². The third-order valence-corrected chi connectivity index (χ3v) is 1.55. The second-order valence-corrected chi connectivity index (χ2v) is 3.02. The van der Waals surface area contributed by atoms with Crippen molar-refractivity contribution in [3.8, 4) is 0 Å². The predicted molar refractivity (Wildman–Crippen MR) is 49.6 cm³/mol. The molecule has 0 amide bonds. The topological polar surface area (TPSA) is 72.8 Å². The predicted octanol–water partition coefficient (Wildman–Crippen LogP) is 1.88. The fourth-order valence-corrected chi connectivity index (χ4v) is 0.849. The minimum absolute atomic E-state index is 0.0261. The van der Waals surface area contributed by atoms with Crippen LogP contribution in [0.15, 0.2) is 0 Å². The van der Waals surface area contributed by atoms with Crippen LogP contribution in [0.4, 0.5) is 9.59 Å². The van der Waals surface area contributed by atoms with Gasteiger partial charge in [0.25, 0.3) is 0 Å². The summed E-state index contributed by atoms with van der Waals surface area (Å²) in [6.07, 6.45) is -0.251. The first-order valence-corrected chi connectivity index (χ1v) is 4.60. The van der Waals surface area contributed by atoms with E-state index in [-0.39, 0.29) is 26.1 Å². The largest absolute Gasteiger partial charge is 0.454 e. The number of carbonyl (C=O) groups is 2. The molecule has 0 radical (unpaired) electrons. The molecule has 0 bridgehead atoms. The van der Waals surface area contributed by atoms with Gasteiger partial charge in [0.15, 0.2) is 0 Å². The Morgan fingerprint density at radius 2 is 1.43 bits per heavy atom. The Labute approximate surface area is 90.9 Å². The molecule has 1 N–H and O–H groups in total. The van der Waals surface area contributed by atoms with E-state index >= 15 is 0 Å². The van der Waals surface area contributed by atoms with Crippen molar-refractivity contribution in [2.24, 2.45) is 0 Å². The van der Waals surface area contributed by atoms with Crippen molar-refractivity contribution < 1.29 is 24.2 Å². The zero-order chi connectivity index (χ0) is 11.0. The van der Waals surface area contributed by atoms with Gasteiger partial charge in [-0.2, -0.15) is 0 Å². The van der Waals surface area contributed by atoms with Gasteiger partial charge < -0.3 is 14.6 Å². The summed E-state index contributed by atoms with van der Waals surface area (Å²) in [5.74, 6) is 0. The van der Waals surface area contributed by atoms with Crippen LogP contribution in [0.3, 0.4) is 0 Å². The SMILES string of the molecule is O=C(Cl)OCCC(O)CCOC(=O)Cl. The Morgan fingerprint density at radius 3 is 1.71 bits per heavy atom. The lowest BCUT2D eigenvalue weighted by atomic mass is 10.2. The van der Waals surface area contributed by atoms with E-state index in [1.807, 2.05) is 0 Å². The minimum atomic E-state index is -0.913. The van der Waals surface area contributed by atoms with Gasteiger partial charge in [-0.15, -0.1) is 0 Å². The monoisotopic (exact) mass is 244 g/mol. The van der Waals surface area contributed by atoms with Gasteiger partial charge in [0.1, 0.15) is 0 Å². The molecule has 0 aromatic carbocycles. The molecule has 0 aliphatic carbocycles. The lowest BCUT2D eigenvalue weighted by Gasteiger charge is -2.08. The summed E-state index contributed by atoms with van der Waals surface area (Å²) in [5, 5.41) is 9.21. The Hall–Kier alpha value is -0.520. The van der Waals surface area contributed by atoms with E-state index in [1.165, 1.54) is 0 Å². The highest BCUT2D eigenvalue weighted by atomic mass is 35.5. The zero-order valence-electron chi connectivity index (χ0n) is 7.24. The third kappa shape index (κ3) is 9.57. The molecule has 0 aliphatic heterocycles. The van der Waals surface area contributed by atoms with Crippen molar-refractivity contribution in [3.05, 3.63) is 0 Å². The van der Waals surface area contributed by atoms with Crippen LogP contribution < -0.4 is 0 Å². The van der Waals surface area contributed by atoms with Gasteiger partial charge in [-0.25, -0.2) is 9.59 Å². The molecular weight excluding hydrogens is 235 g/mol. The van der Waals surface area contributed by atoms with Gasteiger partial charge in [0.2, 0.25) is 0 Å². The third-order valence-electron chi connectivity index (χ3n) is 1.33. The summed E-state index contributed by atoms with van der Waals surface area (Å²) >= 11 is 9.76. The van der Waals surface area contributed by atoms with E-state index in [2.05, 4.69) is 9.47 Å². The molecule has 0 heterocycles. The zero-order valence-corrected chi connectivity index (χ0v) is 8.75. The van der Waals surface area contributed by atoms with E-state index in [0.29, 0.717) is 0 Å². The highest BCUT2D eigenvalue weighted by molar-refractivity contribution is 6.61. The van der Waals surface area contributed by atoms with E-state index in [4.69, 9.17) is 23.2 Å². The quantitative estimate of drug-likeness (QED) is 0.723. The molecule has 82 valence electrons. The molecule has 0 saturated carbocycles. The summed E-state index contributed by atoms with van der Waals surface area (Å²) in [6.45, 7) is 0.0522. The Balaban J connectivity index is 3.32. The maximum Gasteiger partial charge on any atom is 0.403 e. The highest BCUT2D eigenvalue weighted by Crippen LogP contribution is 2.01. The van der Waals surface area contributed by atoms with E-state index in [0.717, 1.165) is 0 Å². The van der Waals surface area contributed by atoms with Crippen molar-refractivity contribution in [1.82, 2.24) is 0 Å². The number of aliphatic hydroxyl groups is 1. The van der Waals surface area contributed by atoms with Crippen LogP contribution in [0.25, 0.3) is 0 Å². The number of hydrogen-bond acceptors (Lipinski definition) is 5. The van der Waals surface area contributed by atoms with Crippen LogP contribution in [-0.4, -0.2) is 35.3 Å². The number of hydrogen-bond donors (Lipinski definition) is 1. The summed E-state index contributed by atoms with van der Waals surface area (Å²) < 4.78 is 8.75. The van der Waals surface area contributed by atoms with Gasteiger partial charge in [0.05, 0.1) is 19.3 Å². The van der Waals surface area contributed by atoms with Crippen molar-refractivity contribution in [2.45, 2.75) is 18.9 Å². The molecular formula is C7H10Cl2O5. The summed E-state index contributed by atoms with van der Waals surface area (Å²) in [6, 6.07) is 0. The fourth-order valence-electron chi connectivity index (χ4n) is 0.695. The van der Waals surface area contributed by atoms with Gasteiger partial charge in [-0.3, -0.25) is 0 Å². The average molecular weight is 245 g/mol. The number of carbonyl (C=O) groups excluding carboxylic acids is 2. The molecule has 0 unspecified atom stereocenters. The number of ether oxygens (including phenoxy) is 2. The normalized spacial score (nSPS) is 10.0. The Kier molecular flexibility index (Phi) is 7.55. The van der Waals surface area contributed by atoms with Crippen LogP contribution in [0.5, 0.6) is 0 Å². The average Bonchev–Trinajstić information content (AvgIpc) is 2.02. The summed E-state index contributed by atoms with van der Waals surface area (Å²) in [4.78, 5) is 20.2. The Bertz CT molecular complexity index is 177. The lowest BCUT2D eigenvalue weighted by Crippen LogP contribution is -2.14. The van der Waals surface area contributed by atoms with E-state index in [1.54, 1.807) is 0 Å². The molecule has 0 spiro atoms. The maximum absolute atomic E-state index is 10.1. The fraction of sp³-hybridized carbons (Fsp3) is 0.714. The standard InChI is InChI=1S/C7H10Cl2O5/c8-6(11)13-3-1-5(10)2-4-14-7(9)12/h5,10H,1-4H2. The molecule has 14 heavy (non-hydrogen) atoms. The summed E-state index contributed by atoms with van der Waals surface area (Å²) in [7, 11) is 0. The minimum Gasteiger partial charge on any atom is -0.454 e. The van der Waals surface area contributed by atoms with Crippen molar-refractivity contribution in [3.63, 3.8) is 0 Å². The number of aliphatic hydroxyl groups excluding tert-OH is 1. The Morgan fingerprint density at radius 1 is 1.07 bits per heavy atom. The lowest BCUT2D eigenvalue weighted by molar-refractivity contribution is 0.0910. The van der Waals surface area contributed by atoms with Crippen LogP contribution in [0, 0.1) is 0 Å². The molecule has 5 nitrogen and oxygen atoms in total. The molecule has 0 aromatic rings. The van der Waals surface area contributed by atoms with Crippen molar-refractivity contribution in [2.75, 3.05) is 13.2 Å². The molecule has 0 aromatic heterocycles. The number of halogens is 2. The van der Waals surface area contributed by atoms with Gasteiger partial charge in [0, 0.05) is 36.0 Å². The first-order valence-electron chi connectivity index (χ1n) is 3.85. The van der Waals surface area contributed by atoms with Gasteiger partial charge in [-0.1, -0.05) is 0 Å². The van der Waals surface area contributed by atoms with E-state index in [9.17, 15) is 14.7 Å². The van der Waals surface area contributed by atoms with Gasteiger partial charge in [-0.05, 0) is 0 Å². The van der Waals surface area contributed by atoms with E-state index < -0.39 is 17.0 Å². The number of rotatable bonds is 6. The second-order valence-electron chi connectivity index (χ2n) is 2.40. The first-order chi connectivity index (χ1) is 6.52. The van der Waals surface area contributed by atoms with Crippen molar-refractivity contribution >= 4 is 34.1 Å². The molecule has 0 aliphatic rings. The molecule has 0 saturated heterocycles. The highest BCUT2D eigenvalue weighted by Gasteiger charge is 2.06. The van der Waals surface area contributed by atoms with Crippen LogP contribution in [0.1, 0.15) is 12.8 Å². The van der Waals surface area contributed by atoms with Crippen molar-refractivity contribution in [1.29, 1.82) is 0 Å². The molecule has 0 fully saturated rings.